The highest BCUT2D eigenvalue weighted by Crippen LogP contribution is 2.49. The topological polar surface area (TPSA) is 12.0 Å². The normalized spacial score (nSPS) is 25.8. The molecule has 0 unspecified atom stereocenters. The first-order valence-electron chi connectivity index (χ1n) is 8.25. The average Bonchev–Trinajstić information content (AvgIpc) is 2.35. The lowest BCUT2D eigenvalue weighted by molar-refractivity contribution is 0.133. The van der Waals surface area contributed by atoms with Gasteiger partial charge in [-0.15, -0.1) is 0 Å². The summed E-state index contributed by atoms with van der Waals surface area (Å²) in [4.78, 5) is 0. The van der Waals surface area contributed by atoms with Gasteiger partial charge in [0.05, 0.1) is 0 Å². The molecule has 1 saturated carbocycles. The van der Waals surface area contributed by atoms with E-state index in [2.05, 4.69) is 58.1 Å². The highest BCUT2D eigenvalue weighted by Gasteiger charge is 2.44. The van der Waals surface area contributed by atoms with Crippen molar-refractivity contribution in [2.75, 3.05) is 13.1 Å². The van der Waals surface area contributed by atoms with E-state index >= 15 is 0 Å². The monoisotopic (exact) mass is 273 g/mol. The van der Waals surface area contributed by atoms with Gasteiger partial charge in [-0.1, -0.05) is 45.4 Å². The molecule has 1 aliphatic carbocycles. The Hall–Kier alpha value is -0.820. The smallest absolute Gasteiger partial charge is 0.00831 e. The minimum absolute atomic E-state index is 0.397. The Balaban J connectivity index is 2.12. The molecule has 0 aromatic heterocycles. The zero-order chi connectivity index (χ0) is 14.8. The quantitative estimate of drug-likeness (QED) is 0.798. The molecule has 1 N–H and O–H groups in total. The molecule has 1 heteroatoms. The summed E-state index contributed by atoms with van der Waals surface area (Å²) in [6.45, 7) is 13.6. The molecular formula is C19H31N. The molecule has 1 aromatic rings. The molecule has 0 heterocycles. The van der Waals surface area contributed by atoms with Gasteiger partial charge < -0.3 is 5.32 Å². The van der Waals surface area contributed by atoms with E-state index in [0.717, 1.165) is 24.9 Å². The Morgan fingerprint density at radius 1 is 1.20 bits per heavy atom. The van der Waals surface area contributed by atoms with Crippen molar-refractivity contribution >= 4 is 0 Å². The first-order valence-corrected chi connectivity index (χ1v) is 8.25. The van der Waals surface area contributed by atoms with Crippen LogP contribution in [0.25, 0.3) is 0 Å². The lowest BCUT2D eigenvalue weighted by atomic mass is 9.57. The lowest BCUT2D eigenvalue weighted by Crippen LogP contribution is -2.49. The van der Waals surface area contributed by atoms with Crippen LogP contribution in [0.2, 0.25) is 0 Å². The van der Waals surface area contributed by atoms with Crippen molar-refractivity contribution in [1.82, 2.24) is 5.32 Å². The van der Waals surface area contributed by atoms with E-state index < -0.39 is 0 Å². The summed E-state index contributed by atoms with van der Waals surface area (Å²) >= 11 is 0. The fraction of sp³-hybridized carbons (Fsp3) is 0.684. The van der Waals surface area contributed by atoms with Crippen LogP contribution in [0.3, 0.4) is 0 Å². The number of nitrogens with one attached hydrogen (secondary N) is 1. The van der Waals surface area contributed by atoms with E-state index in [9.17, 15) is 0 Å². The molecule has 1 fully saturated rings. The second-order valence-corrected chi connectivity index (χ2v) is 7.29. The molecule has 1 aromatic carbocycles. The Labute approximate surface area is 125 Å². The van der Waals surface area contributed by atoms with Gasteiger partial charge in [0.2, 0.25) is 0 Å². The fourth-order valence-electron chi connectivity index (χ4n) is 3.49. The second kappa shape index (κ2) is 6.30. The molecule has 0 radical (unpaired) electrons. The molecule has 1 nitrogen and oxygen atoms in total. The minimum atomic E-state index is 0.397. The third-order valence-corrected chi connectivity index (χ3v) is 5.07. The predicted molar refractivity (Wildman–Crippen MR) is 88.3 cm³/mol. The summed E-state index contributed by atoms with van der Waals surface area (Å²) in [6, 6.07) is 7.09. The number of hydrogen-bond acceptors (Lipinski definition) is 1. The Kier molecular flexibility index (Phi) is 4.90. The summed E-state index contributed by atoms with van der Waals surface area (Å²) in [7, 11) is 0. The maximum absolute atomic E-state index is 3.70. The zero-order valence-corrected chi connectivity index (χ0v) is 13.9. The SMILES string of the molecule is CCC1CC(CNCC(C)C)(c2ccc(C)c(C)c2)C1. The van der Waals surface area contributed by atoms with Gasteiger partial charge in [-0.3, -0.25) is 0 Å². The number of hydrogen-bond donors (Lipinski definition) is 1. The van der Waals surface area contributed by atoms with Crippen molar-refractivity contribution in [1.29, 1.82) is 0 Å². The second-order valence-electron chi connectivity index (χ2n) is 7.29. The van der Waals surface area contributed by atoms with Gasteiger partial charge in [-0.05, 0) is 61.8 Å². The van der Waals surface area contributed by atoms with Gasteiger partial charge in [0.1, 0.15) is 0 Å². The molecule has 0 spiro atoms. The standard InChI is InChI=1S/C19H31N/c1-6-17-10-19(11-17,13-20-12-14(2)3)18-8-7-15(4)16(5)9-18/h7-9,14,17,20H,6,10-13H2,1-5H3. The van der Waals surface area contributed by atoms with E-state index in [1.807, 2.05) is 0 Å². The van der Waals surface area contributed by atoms with Gasteiger partial charge >= 0.3 is 0 Å². The molecule has 0 saturated heterocycles. The highest BCUT2D eigenvalue weighted by atomic mass is 14.9. The molecule has 2 rings (SSSR count). The third-order valence-electron chi connectivity index (χ3n) is 5.07. The van der Waals surface area contributed by atoms with Gasteiger partial charge in [0.25, 0.3) is 0 Å². The van der Waals surface area contributed by atoms with Crippen LogP contribution < -0.4 is 5.32 Å². The minimum Gasteiger partial charge on any atom is -0.316 e. The van der Waals surface area contributed by atoms with Crippen LogP contribution in [0.4, 0.5) is 0 Å². The Morgan fingerprint density at radius 3 is 2.45 bits per heavy atom. The van der Waals surface area contributed by atoms with E-state index in [1.165, 1.54) is 30.4 Å². The van der Waals surface area contributed by atoms with Crippen molar-refractivity contribution in [2.45, 2.75) is 59.3 Å². The molecule has 112 valence electrons. The molecule has 0 aliphatic heterocycles. The van der Waals surface area contributed by atoms with E-state index in [0.29, 0.717) is 5.41 Å². The molecule has 0 bridgehead atoms. The predicted octanol–water partition coefficient (Wildman–Crippen LogP) is 4.61. The summed E-state index contributed by atoms with van der Waals surface area (Å²) in [6.07, 6.45) is 4.05. The maximum atomic E-state index is 3.70. The van der Waals surface area contributed by atoms with Crippen molar-refractivity contribution < 1.29 is 0 Å². The maximum Gasteiger partial charge on any atom is 0.00831 e. The summed E-state index contributed by atoms with van der Waals surface area (Å²) < 4.78 is 0. The van der Waals surface area contributed by atoms with Gasteiger partial charge in [-0.2, -0.15) is 0 Å². The number of aryl methyl sites for hydroxylation is 2. The molecule has 0 atom stereocenters. The van der Waals surface area contributed by atoms with Crippen LogP contribution in [0.5, 0.6) is 0 Å². The van der Waals surface area contributed by atoms with Crippen molar-refractivity contribution in [3.63, 3.8) is 0 Å². The third kappa shape index (κ3) is 3.25. The molecule has 1 aliphatic rings. The highest BCUT2D eigenvalue weighted by molar-refractivity contribution is 5.37. The van der Waals surface area contributed by atoms with E-state index in [4.69, 9.17) is 0 Å². The molecular weight excluding hydrogens is 242 g/mol. The Morgan fingerprint density at radius 2 is 1.90 bits per heavy atom. The average molecular weight is 273 g/mol. The first kappa shape index (κ1) is 15.6. The first-order chi connectivity index (χ1) is 9.47. The van der Waals surface area contributed by atoms with E-state index in [1.54, 1.807) is 5.56 Å². The summed E-state index contributed by atoms with van der Waals surface area (Å²) in [5.41, 5.74) is 4.80. The van der Waals surface area contributed by atoms with Crippen LogP contribution in [0.1, 0.15) is 56.7 Å². The number of benzene rings is 1. The summed E-state index contributed by atoms with van der Waals surface area (Å²) in [5.74, 6) is 1.66. The Bertz CT molecular complexity index is 441. The molecule has 0 amide bonds. The van der Waals surface area contributed by atoms with Gasteiger partial charge in [0.15, 0.2) is 0 Å². The van der Waals surface area contributed by atoms with Crippen molar-refractivity contribution in [3.05, 3.63) is 34.9 Å². The largest absolute Gasteiger partial charge is 0.316 e. The zero-order valence-electron chi connectivity index (χ0n) is 13.9. The van der Waals surface area contributed by atoms with Crippen LogP contribution >= 0.6 is 0 Å². The van der Waals surface area contributed by atoms with E-state index in [-0.39, 0.29) is 0 Å². The van der Waals surface area contributed by atoms with Crippen LogP contribution in [-0.4, -0.2) is 13.1 Å². The van der Waals surface area contributed by atoms with Crippen molar-refractivity contribution in [2.24, 2.45) is 11.8 Å². The van der Waals surface area contributed by atoms with Gasteiger partial charge in [0, 0.05) is 12.0 Å². The van der Waals surface area contributed by atoms with Gasteiger partial charge in [-0.25, -0.2) is 0 Å². The fourth-order valence-corrected chi connectivity index (χ4v) is 3.49. The van der Waals surface area contributed by atoms with Crippen LogP contribution in [0, 0.1) is 25.7 Å². The lowest BCUT2D eigenvalue weighted by Gasteiger charge is -2.49. The molecule has 20 heavy (non-hydrogen) atoms. The van der Waals surface area contributed by atoms with Crippen LogP contribution in [0.15, 0.2) is 18.2 Å². The van der Waals surface area contributed by atoms with Crippen LogP contribution in [-0.2, 0) is 5.41 Å². The van der Waals surface area contributed by atoms with Crippen molar-refractivity contribution in [3.8, 4) is 0 Å². The number of rotatable bonds is 6. The summed E-state index contributed by atoms with van der Waals surface area (Å²) in [5, 5.41) is 3.70.